The van der Waals surface area contributed by atoms with Crippen LogP contribution in [0.3, 0.4) is 0 Å². The Kier molecular flexibility index (Phi) is 5.16. The maximum Gasteiger partial charge on any atom is 0.231 e. The van der Waals surface area contributed by atoms with Gasteiger partial charge in [0.25, 0.3) is 0 Å². The lowest BCUT2D eigenvalue weighted by molar-refractivity contribution is -0.117. The Hall–Kier alpha value is -2.23. The number of carbonyl (C=O) groups is 1. The number of hydrogen-bond acceptors (Lipinski definition) is 2. The van der Waals surface area contributed by atoms with Gasteiger partial charge >= 0.3 is 0 Å². The van der Waals surface area contributed by atoms with E-state index in [9.17, 15) is 4.79 Å². The molecule has 0 aliphatic heterocycles. The average Bonchev–Trinajstić information content (AvgIpc) is 2.59. The van der Waals surface area contributed by atoms with Crippen molar-refractivity contribution in [1.29, 1.82) is 0 Å². The minimum absolute atomic E-state index is 0.119. The summed E-state index contributed by atoms with van der Waals surface area (Å²) >= 11 is 11.9. The van der Waals surface area contributed by atoms with Gasteiger partial charge in [0.05, 0.1) is 13.0 Å². The average molecular weight is 374 g/mol. The molecule has 5 heteroatoms. The molecule has 3 aromatic carbocycles. The fourth-order valence-corrected chi connectivity index (χ4v) is 3.19. The zero-order valence-electron chi connectivity index (χ0n) is 13.8. The van der Waals surface area contributed by atoms with Crippen LogP contribution in [0.15, 0.2) is 54.6 Å². The lowest BCUT2D eigenvalue weighted by Gasteiger charge is -2.14. The Morgan fingerprint density at radius 3 is 2.28 bits per heavy atom. The fourth-order valence-electron chi connectivity index (χ4n) is 2.67. The SMILES string of the molecule is COc1ccc2cc(C(C)C(=O)Nc3cc(Cl)cc(Cl)c3)ccc2c1. The monoisotopic (exact) mass is 373 g/mol. The van der Waals surface area contributed by atoms with Gasteiger partial charge in [-0.2, -0.15) is 0 Å². The predicted molar refractivity (Wildman–Crippen MR) is 104 cm³/mol. The Bertz CT molecular complexity index is 920. The van der Waals surface area contributed by atoms with Crippen molar-refractivity contribution in [1.82, 2.24) is 0 Å². The van der Waals surface area contributed by atoms with Crippen LogP contribution in [0.5, 0.6) is 5.75 Å². The van der Waals surface area contributed by atoms with Crippen LogP contribution in [0.4, 0.5) is 5.69 Å². The number of ether oxygens (including phenoxy) is 1. The number of rotatable bonds is 4. The van der Waals surface area contributed by atoms with Gasteiger partial charge in [0.2, 0.25) is 5.91 Å². The zero-order valence-corrected chi connectivity index (χ0v) is 15.4. The molecule has 0 aliphatic carbocycles. The van der Waals surface area contributed by atoms with E-state index in [1.807, 2.05) is 43.3 Å². The highest BCUT2D eigenvalue weighted by Gasteiger charge is 2.16. The highest BCUT2D eigenvalue weighted by Crippen LogP contribution is 2.27. The van der Waals surface area contributed by atoms with Crippen LogP contribution in [0.25, 0.3) is 10.8 Å². The second kappa shape index (κ2) is 7.34. The summed E-state index contributed by atoms with van der Waals surface area (Å²) in [5.41, 5.74) is 1.52. The number of halogens is 2. The van der Waals surface area contributed by atoms with Crippen molar-refractivity contribution in [2.24, 2.45) is 0 Å². The molecule has 1 atom stereocenters. The second-order valence-corrected chi connectivity index (χ2v) is 6.71. The third kappa shape index (κ3) is 4.06. The van der Waals surface area contributed by atoms with Crippen LogP contribution >= 0.6 is 23.2 Å². The predicted octanol–water partition coefficient (Wildman–Crippen LogP) is 5.90. The van der Waals surface area contributed by atoms with Crippen LogP contribution in [0, 0.1) is 0 Å². The lowest BCUT2D eigenvalue weighted by Crippen LogP contribution is -2.18. The first-order valence-electron chi connectivity index (χ1n) is 7.81. The molecular weight excluding hydrogens is 357 g/mol. The molecule has 0 spiro atoms. The zero-order chi connectivity index (χ0) is 18.0. The number of amides is 1. The van der Waals surface area contributed by atoms with Crippen LogP contribution < -0.4 is 10.1 Å². The smallest absolute Gasteiger partial charge is 0.231 e. The molecule has 0 fully saturated rings. The molecule has 0 radical (unpaired) electrons. The first kappa shape index (κ1) is 17.6. The van der Waals surface area contributed by atoms with Gasteiger partial charge in [-0.05, 0) is 53.6 Å². The number of carbonyl (C=O) groups excluding carboxylic acids is 1. The Morgan fingerprint density at radius 2 is 1.60 bits per heavy atom. The van der Waals surface area contributed by atoms with E-state index in [0.717, 1.165) is 22.1 Å². The summed E-state index contributed by atoms with van der Waals surface area (Å²) in [5.74, 6) is 0.374. The largest absolute Gasteiger partial charge is 0.497 e. The van der Waals surface area contributed by atoms with Crippen molar-refractivity contribution >= 4 is 45.6 Å². The lowest BCUT2D eigenvalue weighted by atomic mass is 9.97. The molecule has 1 amide bonds. The Morgan fingerprint density at radius 1 is 0.960 bits per heavy atom. The number of hydrogen-bond donors (Lipinski definition) is 1. The summed E-state index contributed by atoms with van der Waals surface area (Å²) in [4.78, 5) is 12.6. The minimum atomic E-state index is -0.316. The van der Waals surface area contributed by atoms with E-state index in [1.54, 1.807) is 25.3 Å². The topological polar surface area (TPSA) is 38.3 Å². The van der Waals surface area contributed by atoms with Crippen molar-refractivity contribution in [2.75, 3.05) is 12.4 Å². The molecule has 0 bridgehead atoms. The molecule has 0 saturated carbocycles. The normalized spacial score (nSPS) is 12.0. The van der Waals surface area contributed by atoms with Crippen molar-refractivity contribution in [3.63, 3.8) is 0 Å². The quantitative estimate of drug-likeness (QED) is 0.618. The first-order chi connectivity index (χ1) is 12.0. The summed E-state index contributed by atoms with van der Waals surface area (Å²) in [6.07, 6.45) is 0. The maximum atomic E-state index is 12.6. The van der Waals surface area contributed by atoms with Crippen LogP contribution in [0.2, 0.25) is 10.0 Å². The molecule has 0 aromatic heterocycles. The highest BCUT2D eigenvalue weighted by molar-refractivity contribution is 6.35. The van der Waals surface area contributed by atoms with E-state index in [0.29, 0.717) is 15.7 Å². The summed E-state index contributed by atoms with van der Waals surface area (Å²) in [7, 11) is 1.64. The minimum Gasteiger partial charge on any atom is -0.497 e. The Balaban J connectivity index is 1.82. The Labute approximate surface area is 156 Å². The number of nitrogens with one attached hydrogen (secondary N) is 1. The molecule has 1 N–H and O–H groups in total. The van der Waals surface area contributed by atoms with Gasteiger partial charge in [-0.3, -0.25) is 4.79 Å². The van der Waals surface area contributed by atoms with Crippen LogP contribution in [-0.2, 0) is 4.79 Å². The fraction of sp³-hybridized carbons (Fsp3) is 0.150. The van der Waals surface area contributed by atoms with Gasteiger partial charge in [-0.15, -0.1) is 0 Å². The van der Waals surface area contributed by atoms with Gasteiger partial charge in [0, 0.05) is 15.7 Å². The summed E-state index contributed by atoms with van der Waals surface area (Å²) in [6, 6.07) is 16.8. The van der Waals surface area contributed by atoms with Crippen LogP contribution in [-0.4, -0.2) is 13.0 Å². The molecule has 0 heterocycles. The molecule has 3 rings (SSSR count). The molecule has 0 saturated heterocycles. The third-order valence-electron chi connectivity index (χ3n) is 4.09. The van der Waals surface area contributed by atoms with Crippen molar-refractivity contribution < 1.29 is 9.53 Å². The van der Waals surface area contributed by atoms with E-state index < -0.39 is 0 Å². The third-order valence-corrected chi connectivity index (χ3v) is 4.53. The van der Waals surface area contributed by atoms with Crippen molar-refractivity contribution in [3.05, 3.63) is 70.2 Å². The number of anilines is 1. The molecule has 3 aromatic rings. The van der Waals surface area contributed by atoms with E-state index >= 15 is 0 Å². The summed E-state index contributed by atoms with van der Waals surface area (Å²) in [6.45, 7) is 1.87. The molecule has 3 nitrogen and oxygen atoms in total. The molecule has 128 valence electrons. The standard InChI is InChI=1S/C20H17Cl2NO2/c1-12(20(24)23-18-10-16(21)9-17(22)11-18)13-3-4-15-8-19(25-2)6-5-14(15)7-13/h3-12H,1-2H3,(H,23,24). The summed E-state index contributed by atoms with van der Waals surface area (Å²) in [5, 5.41) is 5.95. The van der Waals surface area contributed by atoms with Crippen LogP contribution in [0.1, 0.15) is 18.4 Å². The van der Waals surface area contributed by atoms with Crippen molar-refractivity contribution in [3.8, 4) is 5.75 Å². The number of fused-ring (bicyclic) bond motifs is 1. The van der Waals surface area contributed by atoms with E-state index in [4.69, 9.17) is 27.9 Å². The van der Waals surface area contributed by atoms with Gasteiger partial charge in [0.15, 0.2) is 0 Å². The van der Waals surface area contributed by atoms with Crippen molar-refractivity contribution in [2.45, 2.75) is 12.8 Å². The molecule has 25 heavy (non-hydrogen) atoms. The number of methoxy groups -OCH3 is 1. The van der Waals surface area contributed by atoms with E-state index in [1.165, 1.54) is 0 Å². The number of benzene rings is 3. The first-order valence-corrected chi connectivity index (χ1v) is 8.56. The van der Waals surface area contributed by atoms with E-state index in [-0.39, 0.29) is 11.8 Å². The molecular formula is C20H17Cl2NO2. The summed E-state index contributed by atoms with van der Waals surface area (Å²) < 4.78 is 5.24. The maximum absolute atomic E-state index is 12.6. The van der Waals surface area contributed by atoms with Gasteiger partial charge in [-0.1, -0.05) is 47.5 Å². The van der Waals surface area contributed by atoms with Gasteiger partial charge in [0.1, 0.15) is 5.75 Å². The second-order valence-electron chi connectivity index (χ2n) is 5.84. The molecule has 1 unspecified atom stereocenters. The van der Waals surface area contributed by atoms with Gasteiger partial charge < -0.3 is 10.1 Å². The van der Waals surface area contributed by atoms with Gasteiger partial charge in [-0.25, -0.2) is 0 Å². The highest BCUT2D eigenvalue weighted by atomic mass is 35.5. The van der Waals surface area contributed by atoms with E-state index in [2.05, 4.69) is 5.32 Å². The molecule has 0 aliphatic rings.